The first kappa shape index (κ1) is 16.2. The summed E-state index contributed by atoms with van der Waals surface area (Å²) in [5.41, 5.74) is 3.32. The number of nitrogens with one attached hydrogen (secondary N) is 1. The summed E-state index contributed by atoms with van der Waals surface area (Å²) in [6.45, 7) is 0. The molecule has 1 aromatic carbocycles. The van der Waals surface area contributed by atoms with E-state index in [9.17, 15) is 0 Å². The van der Waals surface area contributed by atoms with E-state index in [1.165, 1.54) is 10.4 Å². The van der Waals surface area contributed by atoms with Gasteiger partial charge in [-0.15, -0.1) is 21.5 Å². The third kappa shape index (κ3) is 3.87. The van der Waals surface area contributed by atoms with E-state index in [1.54, 1.807) is 22.7 Å². The summed E-state index contributed by atoms with van der Waals surface area (Å²) in [6.07, 6.45) is 4.51. The average molecular weight is 385 g/mol. The first-order valence-electron chi connectivity index (χ1n) is 7.60. The molecule has 1 N–H and O–H groups in total. The number of halogens is 1. The zero-order valence-corrected chi connectivity index (χ0v) is 15.4. The molecule has 0 aliphatic carbocycles. The van der Waals surface area contributed by atoms with Crippen molar-refractivity contribution < 1.29 is 0 Å². The second-order valence-corrected chi connectivity index (χ2v) is 7.75. The normalized spacial score (nSPS) is 10.8. The van der Waals surface area contributed by atoms with E-state index >= 15 is 0 Å². The number of pyridine rings is 1. The second kappa shape index (κ2) is 7.31. The Hall–Kier alpha value is -2.28. The molecule has 7 heteroatoms. The fraction of sp³-hybridized carbons (Fsp3) is 0.0556. The van der Waals surface area contributed by atoms with Crippen LogP contribution in [0.1, 0.15) is 10.4 Å². The van der Waals surface area contributed by atoms with Crippen LogP contribution in [0.3, 0.4) is 0 Å². The maximum absolute atomic E-state index is 5.91. The van der Waals surface area contributed by atoms with Gasteiger partial charge >= 0.3 is 0 Å². The van der Waals surface area contributed by atoms with Crippen LogP contribution in [0.2, 0.25) is 5.02 Å². The molecule has 0 amide bonds. The molecule has 0 radical (unpaired) electrons. The smallest absolute Gasteiger partial charge is 0.210 e. The highest BCUT2D eigenvalue weighted by Gasteiger charge is 2.13. The highest BCUT2D eigenvalue weighted by Crippen LogP contribution is 2.34. The number of anilines is 2. The fourth-order valence-corrected chi connectivity index (χ4v) is 4.31. The molecule has 0 aliphatic rings. The van der Waals surface area contributed by atoms with Gasteiger partial charge in [0.15, 0.2) is 5.01 Å². The van der Waals surface area contributed by atoms with Crippen LogP contribution in [0.4, 0.5) is 10.8 Å². The van der Waals surface area contributed by atoms with Crippen LogP contribution < -0.4 is 5.32 Å². The van der Waals surface area contributed by atoms with E-state index in [4.69, 9.17) is 11.6 Å². The minimum absolute atomic E-state index is 0.711. The highest BCUT2D eigenvalue weighted by molar-refractivity contribution is 7.19. The minimum atomic E-state index is 0.711. The zero-order chi connectivity index (χ0) is 17.1. The highest BCUT2D eigenvalue weighted by atomic mass is 35.5. The maximum atomic E-state index is 5.91. The maximum Gasteiger partial charge on any atom is 0.210 e. The Morgan fingerprint density at radius 2 is 1.76 bits per heavy atom. The first-order valence-corrected chi connectivity index (χ1v) is 9.67. The molecule has 124 valence electrons. The van der Waals surface area contributed by atoms with Crippen molar-refractivity contribution in [1.29, 1.82) is 0 Å². The lowest BCUT2D eigenvalue weighted by Crippen LogP contribution is -1.88. The van der Waals surface area contributed by atoms with Gasteiger partial charge in [0.1, 0.15) is 0 Å². The molecule has 3 heterocycles. The van der Waals surface area contributed by atoms with Crippen LogP contribution >= 0.6 is 34.3 Å². The number of aromatic nitrogens is 3. The van der Waals surface area contributed by atoms with Crippen molar-refractivity contribution in [2.75, 3.05) is 5.32 Å². The summed E-state index contributed by atoms with van der Waals surface area (Å²) in [5, 5.41) is 16.4. The molecule has 0 atom stereocenters. The van der Waals surface area contributed by atoms with Gasteiger partial charge < -0.3 is 5.32 Å². The molecular formula is C18H13ClN4S2. The third-order valence-corrected chi connectivity index (χ3v) is 5.66. The summed E-state index contributed by atoms with van der Waals surface area (Å²) < 4.78 is 0. The quantitative estimate of drug-likeness (QED) is 0.483. The van der Waals surface area contributed by atoms with Crippen molar-refractivity contribution in [2.24, 2.45) is 0 Å². The Morgan fingerprint density at radius 1 is 0.960 bits per heavy atom. The minimum Gasteiger partial charge on any atom is -0.330 e. The van der Waals surface area contributed by atoms with Gasteiger partial charge in [0, 0.05) is 40.0 Å². The van der Waals surface area contributed by atoms with Gasteiger partial charge in [-0.3, -0.25) is 4.98 Å². The molecule has 0 saturated carbocycles. The van der Waals surface area contributed by atoms with Crippen LogP contribution in [0.15, 0.2) is 60.2 Å². The molecule has 0 fully saturated rings. The molecule has 25 heavy (non-hydrogen) atoms. The van der Waals surface area contributed by atoms with Crippen molar-refractivity contribution >= 4 is 45.1 Å². The van der Waals surface area contributed by atoms with Gasteiger partial charge in [-0.05, 0) is 53.4 Å². The van der Waals surface area contributed by atoms with Gasteiger partial charge in [-0.2, -0.15) is 0 Å². The van der Waals surface area contributed by atoms with Crippen molar-refractivity contribution in [2.45, 2.75) is 6.42 Å². The molecule has 3 aromatic heterocycles. The van der Waals surface area contributed by atoms with Gasteiger partial charge in [-0.1, -0.05) is 22.9 Å². The van der Waals surface area contributed by atoms with Gasteiger partial charge in [0.25, 0.3) is 0 Å². The average Bonchev–Trinajstić information content (AvgIpc) is 3.27. The number of benzene rings is 1. The van der Waals surface area contributed by atoms with E-state index in [1.807, 2.05) is 48.8 Å². The van der Waals surface area contributed by atoms with Crippen molar-refractivity contribution in [3.63, 3.8) is 0 Å². The molecule has 0 unspecified atom stereocenters. The number of nitrogens with zero attached hydrogens (tertiary/aromatic N) is 3. The van der Waals surface area contributed by atoms with Gasteiger partial charge in [-0.25, -0.2) is 0 Å². The Morgan fingerprint density at radius 3 is 2.56 bits per heavy atom. The Labute approximate surface area is 158 Å². The topological polar surface area (TPSA) is 50.7 Å². The van der Waals surface area contributed by atoms with Crippen LogP contribution in [0.5, 0.6) is 0 Å². The Balaban J connectivity index is 1.54. The summed E-state index contributed by atoms with van der Waals surface area (Å²) in [4.78, 5) is 5.35. The predicted molar refractivity (Wildman–Crippen MR) is 105 cm³/mol. The lowest BCUT2D eigenvalue weighted by Gasteiger charge is -2.01. The van der Waals surface area contributed by atoms with Crippen LogP contribution in [0.25, 0.3) is 10.6 Å². The predicted octanol–water partition coefficient (Wildman–Crippen LogP) is 5.65. The first-order chi connectivity index (χ1) is 12.3. The molecule has 4 rings (SSSR count). The lowest BCUT2D eigenvalue weighted by atomic mass is 10.1. The van der Waals surface area contributed by atoms with Crippen molar-refractivity contribution in [3.05, 3.63) is 75.7 Å². The largest absolute Gasteiger partial charge is 0.330 e. The van der Waals surface area contributed by atoms with E-state index in [-0.39, 0.29) is 0 Å². The summed E-state index contributed by atoms with van der Waals surface area (Å²) in [5.74, 6) is 0. The molecule has 0 saturated heterocycles. The molecular weight excluding hydrogens is 372 g/mol. The SMILES string of the molecule is Clc1ccc(Nc2nnc(-c3ccsc3Cc3ccncc3)s2)cc1. The number of hydrogen-bond donors (Lipinski definition) is 1. The van der Waals surface area contributed by atoms with Crippen molar-refractivity contribution in [1.82, 2.24) is 15.2 Å². The van der Waals surface area contributed by atoms with Crippen molar-refractivity contribution in [3.8, 4) is 10.6 Å². The van der Waals surface area contributed by atoms with E-state index in [0.29, 0.717) is 5.02 Å². The number of thiophene rings is 1. The Kier molecular flexibility index (Phi) is 4.74. The molecule has 0 aliphatic heterocycles. The standard InChI is InChI=1S/C18H13ClN4S2/c19-13-1-3-14(4-2-13)21-18-23-22-17(25-18)15-7-10-24-16(15)11-12-5-8-20-9-6-12/h1-10H,11H2,(H,21,23). The lowest BCUT2D eigenvalue weighted by molar-refractivity contribution is 1.09. The molecule has 4 nitrogen and oxygen atoms in total. The summed E-state index contributed by atoms with van der Waals surface area (Å²) in [6, 6.07) is 13.7. The van der Waals surface area contributed by atoms with Crippen LogP contribution in [-0.4, -0.2) is 15.2 Å². The fourth-order valence-electron chi connectivity index (χ4n) is 2.39. The summed E-state index contributed by atoms with van der Waals surface area (Å²) in [7, 11) is 0. The molecule has 4 aromatic rings. The summed E-state index contributed by atoms with van der Waals surface area (Å²) >= 11 is 9.19. The van der Waals surface area contributed by atoms with E-state index in [0.717, 1.165) is 27.8 Å². The molecule has 0 bridgehead atoms. The second-order valence-electron chi connectivity index (χ2n) is 5.33. The van der Waals surface area contributed by atoms with Gasteiger partial charge in [0.05, 0.1) is 0 Å². The third-order valence-electron chi connectivity index (χ3n) is 3.61. The van der Waals surface area contributed by atoms with E-state index in [2.05, 4.69) is 31.9 Å². The Bertz CT molecular complexity index is 964. The number of rotatable bonds is 5. The monoisotopic (exact) mass is 384 g/mol. The molecule has 0 spiro atoms. The van der Waals surface area contributed by atoms with Crippen LogP contribution in [-0.2, 0) is 6.42 Å². The number of hydrogen-bond acceptors (Lipinski definition) is 6. The van der Waals surface area contributed by atoms with E-state index < -0.39 is 0 Å². The zero-order valence-electron chi connectivity index (χ0n) is 13.0. The van der Waals surface area contributed by atoms with Gasteiger partial charge in [0.2, 0.25) is 5.13 Å². The van der Waals surface area contributed by atoms with Crippen LogP contribution in [0, 0.1) is 0 Å².